The van der Waals surface area contributed by atoms with Gasteiger partial charge in [-0.25, -0.2) is 13.4 Å². The molecule has 10 heteroatoms. The standard InChI is InChI=1S/C27H30N6O3S/c1-31-18-11-19(31)15-33(14-18)25-22(30-37(3,35)36)10-17(12-29-25)16-5-6-21-20(9-16)24-23(13-28-21)32(2)26(34)27(24)7-4-8-27/h5-6,9-10,12-13,18-19,30H,4,7-8,11,14-15H2,1-3H3. The zero-order valence-electron chi connectivity index (χ0n) is 21.2. The smallest absolute Gasteiger partial charge is 0.237 e. The molecule has 2 aromatic heterocycles. The minimum absolute atomic E-state index is 0.157. The molecule has 8 rings (SSSR count). The molecule has 9 nitrogen and oxygen atoms in total. The van der Waals surface area contributed by atoms with Gasteiger partial charge in [-0.1, -0.05) is 12.5 Å². The van der Waals surface area contributed by atoms with E-state index >= 15 is 0 Å². The van der Waals surface area contributed by atoms with Gasteiger partial charge >= 0.3 is 0 Å². The number of piperidine rings is 1. The van der Waals surface area contributed by atoms with Crippen molar-refractivity contribution in [1.82, 2.24) is 14.9 Å². The van der Waals surface area contributed by atoms with Crippen LogP contribution in [0.2, 0.25) is 0 Å². The quantitative estimate of drug-likeness (QED) is 0.567. The molecule has 2 atom stereocenters. The number of piperazine rings is 1. The fourth-order valence-electron chi connectivity index (χ4n) is 6.76. The molecule has 4 fully saturated rings. The Morgan fingerprint density at radius 3 is 2.43 bits per heavy atom. The lowest BCUT2D eigenvalue weighted by Crippen LogP contribution is -2.67. The van der Waals surface area contributed by atoms with Gasteiger partial charge in [0.2, 0.25) is 15.9 Å². The number of sulfonamides is 1. The minimum atomic E-state index is -3.50. The first kappa shape index (κ1) is 22.9. The molecule has 1 amide bonds. The summed E-state index contributed by atoms with van der Waals surface area (Å²) in [7, 11) is 0.482. The van der Waals surface area contributed by atoms with Gasteiger partial charge in [-0.15, -0.1) is 0 Å². The molecule has 2 unspecified atom stereocenters. The topological polar surface area (TPSA) is 98.7 Å². The van der Waals surface area contributed by atoms with Gasteiger partial charge in [-0.05, 0) is 50.1 Å². The summed E-state index contributed by atoms with van der Waals surface area (Å²) in [6.07, 6.45) is 8.74. The Labute approximate surface area is 216 Å². The van der Waals surface area contributed by atoms with Crippen LogP contribution in [0, 0.1) is 0 Å². The molecule has 1 aliphatic carbocycles. The summed E-state index contributed by atoms with van der Waals surface area (Å²) in [5, 5.41) is 0.980. The maximum atomic E-state index is 13.2. The third kappa shape index (κ3) is 3.31. The van der Waals surface area contributed by atoms with Crippen molar-refractivity contribution in [3.63, 3.8) is 0 Å². The first-order valence-electron chi connectivity index (χ1n) is 12.8. The molecule has 192 valence electrons. The van der Waals surface area contributed by atoms with E-state index in [1.807, 2.05) is 37.6 Å². The van der Waals surface area contributed by atoms with E-state index in [-0.39, 0.29) is 5.91 Å². The van der Waals surface area contributed by atoms with E-state index < -0.39 is 15.4 Å². The largest absolute Gasteiger partial charge is 0.352 e. The van der Waals surface area contributed by atoms with E-state index in [1.165, 1.54) is 12.7 Å². The number of hydrogen-bond acceptors (Lipinski definition) is 7. The number of aromatic nitrogens is 2. The van der Waals surface area contributed by atoms with Gasteiger partial charge in [-0.3, -0.25) is 19.4 Å². The van der Waals surface area contributed by atoms with Crippen molar-refractivity contribution in [3.8, 4) is 11.1 Å². The highest BCUT2D eigenvalue weighted by atomic mass is 32.2. The molecule has 0 radical (unpaired) electrons. The van der Waals surface area contributed by atoms with Crippen molar-refractivity contribution < 1.29 is 13.2 Å². The Morgan fingerprint density at radius 1 is 1.03 bits per heavy atom. The number of amides is 1. The second kappa shape index (κ2) is 7.64. The fraction of sp³-hybridized carbons (Fsp3) is 0.444. The number of carbonyl (C=O) groups is 1. The Hall–Kier alpha value is -3.24. The average molecular weight is 519 g/mol. The highest BCUT2D eigenvalue weighted by Gasteiger charge is 2.54. The van der Waals surface area contributed by atoms with Gasteiger partial charge in [0, 0.05) is 54.9 Å². The van der Waals surface area contributed by atoms with Gasteiger partial charge in [-0.2, -0.15) is 0 Å². The maximum Gasteiger partial charge on any atom is 0.237 e. The molecule has 4 aliphatic heterocycles. The number of rotatable bonds is 4. The third-order valence-corrected chi connectivity index (χ3v) is 9.55. The number of fused-ring (bicyclic) bond motifs is 6. The van der Waals surface area contributed by atoms with E-state index in [4.69, 9.17) is 4.98 Å². The van der Waals surface area contributed by atoms with E-state index in [9.17, 15) is 13.2 Å². The predicted octanol–water partition coefficient (Wildman–Crippen LogP) is 2.96. The second-order valence-electron chi connectivity index (χ2n) is 11.1. The van der Waals surface area contributed by atoms with Gasteiger partial charge in [0.05, 0.1) is 34.8 Å². The van der Waals surface area contributed by atoms with Crippen LogP contribution < -0.4 is 14.5 Å². The molecule has 6 heterocycles. The number of hydrogen-bond donors (Lipinski definition) is 1. The lowest BCUT2D eigenvalue weighted by atomic mass is 9.64. The van der Waals surface area contributed by atoms with Crippen LogP contribution >= 0.6 is 0 Å². The molecule has 37 heavy (non-hydrogen) atoms. The number of anilines is 3. The van der Waals surface area contributed by atoms with Crippen molar-refractivity contribution >= 4 is 44.0 Å². The van der Waals surface area contributed by atoms with Crippen LogP contribution in [0.3, 0.4) is 0 Å². The summed E-state index contributed by atoms with van der Waals surface area (Å²) in [4.78, 5) is 28.9. The van der Waals surface area contributed by atoms with Crippen molar-refractivity contribution in [1.29, 1.82) is 0 Å². The average Bonchev–Trinajstić information content (AvgIpc) is 3.09. The zero-order valence-corrected chi connectivity index (χ0v) is 22.0. The minimum Gasteiger partial charge on any atom is -0.352 e. The molecule has 3 aromatic rings. The number of pyridine rings is 2. The number of benzene rings is 1. The lowest BCUT2D eigenvalue weighted by Gasteiger charge is -2.55. The fourth-order valence-corrected chi connectivity index (χ4v) is 7.31. The number of nitrogens with zero attached hydrogens (tertiary/aromatic N) is 5. The Balaban J connectivity index is 1.33. The van der Waals surface area contributed by atoms with Gasteiger partial charge in [0.25, 0.3) is 0 Å². The first-order valence-corrected chi connectivity index (χ1v) is 14.7. The summed E-state index contributed by atoms with van der Waals surface area (Å²) in [6.45, 7) is 1.66. The molecule has 5 aliphatic rings. The van der Waals surface area contributed by atoms with E-state index in [0.717, 1.165) is 65.6 Å². The monoisotopic (exact) mass is 518 g/mol. The van der Waals surface area contributed by atoms with Gasteiger partial charge in [0.15, 0.2) is 5.82 Å². The summed E-state index contributed by atoms with van der Waals surface area (Å²) in [5.74, 6) is 0.824. The van der Waals surface area contributed by atoms with Crippen molar-refractivity contribution in [2.24, 2.45) is 0 Å². The van der Waals surface area contributed by atoms with Crippen LogP contribution in [0.25, 0.3) is 22.0 Å². The molecule has 1 N–H and O–H groups in total. The number of carbonyl (C=O) groups excluding carboxylic acids is 1. The van der Waals surface area contributed by atoms with Crippen LogP contribution in [0.15, 0.2) is 36.7 Å². The van der Waals surface area contributed by atoms with Crippen LogP contribution in [0.5, 0.6) is 0 Å². The van der Waals surface area contributed by atoms with Gasteiger partial charge < -0.3 is 9.80 Å². The Morgan fingerprint density at radius 2 is 1.78 bits per heavy atom. The van der Waals surface area contributed by atoms with Crippen LogP contribution in [-0.4, -0.2) is 74.7 Å². The van der Waals surface area contributed by atoms with Crippen LogP contribution in [0.4, 0.5) is 17.2 Å². The normalized spacial score (nSPS) is 24.2. The molecule has 1 spiro atoms. The van der Waals surface area contributed by atoms with Crippen molar-refractivity contribution in [2.45, 2.75) is 43.2 Å². The molecule has 3 saturated heterocycles. The summed E-state index contributed by atoms with van der Waals surface area (Å²) in [6, 6.07) is 8.87. The highest BCUT2D eigenvalue weighted by molar-refractivity contribution is 7.92. The lowest BCUT2D eigenvalue weighted by molar-refractivity contribution is -0.125. The van der Waals surface area contributed by atoms with E-state index in [0.29, 0.717) is 23.6 Å². The molecular formula is C27H30N6O3S. The highest BCUT2D eigenvalue weighted by Crippen LogP contribution is 2.55. The van der Waals surface area contributed by atoms with Gasteiger partial charge in [0.1, 0.15) is 0 Å². The molecule has 1 aromatic carbocycles. The summed E-state index contributed by atoms with van der Waals surface area (Å²) < 4.78 is 27.3. The first-order chi connectivity index (χ1) is 17.6. The Bertz CT molecular complexity index is 1570. The summed E-state index contributed by atoms with van der Waals surface area (Å²) in [5.41, 5.74) is 4.59. The Kier molecular flexibility index (Phi) is 4.73. The van der Waals surface area contributed by atoms with Crippen LogP contribution in [-0.2, 0) is 20.2 Å². The number of nitrogens with one attached hydrogen (secondary N) is 1. The van der Waals surface area contributed by atoms with E-state index in [1.54, 1.807) is 4.90 Å². The van der Waals surface area contributed by atoms with Crippen molar-refractivity contribution in [3.05, 3.63) is 42.2 Å². The van der Waals surface area contributed by atoms with E-state index in [2.05, 4.69) is 32.6 Å². The number of likely N-dealkylation sites (N-methyl/N-ethyl adjacent to an activating group) is 2. The maximum absolute atomic E-state index is 13.2. The second-order valence-corrected chi connectivity index (χ2v) is 12.9. The SMILES string of the molecule is CN1C(=O)C2(CCC2)c2c1cnc1ccc(-c3cnc(N4CC5CC(C4)N5C)c(NS(C)(=O)=O)c3)cc21. The molecule has 2 bridgehead atoms. The zero-order chi connectivity index (χ0) is 25.7. The van der Waals surface area contributed by atoms with Crippen LogP contribution in [0.1, 0.15) is 31.2 Å². The molecule has 1 saturated carbocycles. The van der Waals surface area contributed by atoms with Crippen molar-refractivity contribution in [2.75, 3.05) is 48.0 Å². The molecular weight excluding hydrogens is 488 g/mol. The third-order valence-electron chi connectivity index (χ3n) is 8.96. The predicted molar refractivity (Wildman–Crippen MR) is 145 cm³/mol. The summed E-state index contributed by atoms with van der Waals surface area (Å²) >= 11 is 0.